The number of rotatable bonds is 3. The van der Waals surface area contributed by atoms with Crippen LogP contribution in [-0.4, -0.2) is 28.3 Å². The van der Waals surface area contributed by atoms with E-state index in [0.29, 0.717) is 6.54 Å². The Labute approximate surface area is 93.5 Å². The molecule has 0 spiro atoms. The van der Waals surface area contributed by atoms with Gasteiger partial charge in [0.1, 0.15) is 0 Å². The van der Waals surface area contributed by atoms with Crippen LogP contribution in [0.2, 0.25) is 0 Å². The van der Waals surface area contributed by atoms with Gasteiger partial charge in [-0.25, -0.2) is 0 Å². The number of aliphatic carboxylic acids is 1. The van der Waals surface area contributed by atoms with E-state index in [0.717, 1.165) is 11.1 Å². The van der Waals surface area contributed by atoms with Crippen LogP contribution in [0.25, 0.3) is 0 Å². The lowest BCUT2D eigenvalue weighted by molar-refractivity contribution is -0.139. The summed E-state index contributed by atoms with van der Waals surface area (Å²) in [6, 6.07) is 7.21. The van der Waals surface area contributed by atoms with Crippen molar-refractivity contribution >= 4 is 11.8 Å². The molecule has 84 valence electrons. The first-order chi connectivity index (χ1) is 7.59. The van der Waals surface area contributed by atoms with Gasteiger partial charge in [-0.3, -0.25) is 14.5 Å². The van der Waals surface area contributed by atoms with E-state index in [2.05, 4.69) is 0 Å². The van der Waals surface area contributed by atoms with Crippen LogP contribution in [0, 0.1) is 0 Å². The number of fused-ring (bicyclic) bond motifs is 1. The summed E-state index contributed by atoms with van der Waals surface area (Å²) in [5.74, 6) is -0.912. The molecule has 16 heavy (non-hydrogen) atoms. The standard InChI is InChI=1S/C12H13NO3/c1-8(14)12-10-5-3-2-4-9(10)6-13(12)7-11(15)16/h2-5,12H,6-7H2,1H3,(H,15,16). The Morgan fingerprint density at radius 3 is 2.75 bits per heavy atom. The summed E-state index contributed by atoms with van der Waals surface area (Å²) in [4.78, 5) is 24.0. The number of hydrogen-bond acceptors (Lipinski definition) is 3. The highest BCUT2D eigenvalue weighted by molar-refractivity contribution is 5.85. The van der Waals surface area contributed by atoms with Crippen molar-refractivity contribution in [2.45, 2.75) is 19.5 Å². The van der Waals surface area contributed by atoms with Crippen LogP contribution in [0.3, 0.4) is 0 Å². The molecule has 0 fully saturated rings. The summed E-state index contributed by atoms with van der Waals surface area (Å²) in [5, 5.41) is 8.80. The van der Waals surface area contributed by atoms with Crippen molar-refractivity contribution < 1.29 is 14.7 Å². The molecule has 0 radical (unpaired) electrons. The van der Waals surface area contributed by atoms with Gasteiger partial charge in [0.25, 0.3) is 0 Å². The molecule has 1 aromatic rings. The number of ketones is 1. The fourth-order valence-electron chi connectivity index (χ4n) is 2.25. The van der Waals surface area contributed by atoms with Crippen molar-refractivity contribution in [2.75, 3.05) is 6.54 Å². The second-order valence-electron chi connectivity index (χ2n) is 4.01. The van der Waals surface area contributed by atoms with Crippen LogP contribution >= 0.6 is 0 Å². The van der Waals surface area contributed by atoms with Crippen molar-refractivity contribution in [1.29, 1.82) is 0 Å². The van der Waals surface area contributed by atoms with Crippen LogP contribution in [0.4, 0.5) is 0 Å². The quantitative estimate of drug-likeness (QED) is 0.830. The molecule has 1 aromatic carbocycles. The summed E-state index contributed by atoms with van der Waals surface area (Å²) in [6.45, 7) is 1.94. The minimum atomic E-state index is -0.904. The van der Waals surface area contributed by atoms with Gasteiger partial charge >= 0.3 is 5.97 Å². The largest absolute Gasteiger partial charge is 0.480 e. The second kappa shape index (κ2) is 4.06. The highest BCUT2D eigenvalue weighted by Gasteiger charge is 2.33. The minimum Gasteiger partial charge on any atom is -0.480 e. The normalized spacial score (nSPS) is 19.4. The fourth-order valence-corrected chi connectivity index (χ4v) is 2.25. The molecular weight excluding hydrogens is 206 g/mol. The summed E-state index contributed by atoms with van der Waals surface area (Å²) in [7, 11) is 0. The van der Waals surface area contributed by atoms with Gasteiger partial charge < -0.3 is 5.11 Å². The molecule has 1 atom stereocenters. The number of Topliss-reactive ketones (excluding diaryl/α,β-unsaturated/α-hetero) is 1. The van der Waals surface area contributed by atoms with Gasteiger partial charge in [0.05, 0.1) is 12.6 Å². The van der Waals surface area contributed by atoms with Gasteiger partial charge in [0.15, 0.2) is 5.78 Å². The van der Waals surface area contributed by atoms with Crippen molar-refractivity contribution in [3.05, 3.63) is 35.4 Å². The Bertz CT molecular complexity index is 442. The summed E-state index contributed by atoms with van der Waals surface area (Å²) in [5.41, 5.74) is 1.99. The Balaban J connectivity index is 2.33. The van der Waals surface area contributed by atoms with Gasteiger partial charge in [-0.2, -0.15) is 0 Å². The molecule has 0 saturated heterocycles. The van der Waals surface area contributed by atoms with Gasteiger partial charge in [-0.15, -0.1) is 0 Å². The van der Waals surface area contributed by atoms with E-state index in [1.54, 1.807) is 4.90 Å². The lowest BCUT2D eigenvalue weighted by atomic mass is 10.0. The molecule has 1 N–H and O–H groups in total. The molecule has 0 amide bonds. The molecule has 0 aliphatic carbocycles. The average Bonchev–Trinajstić information content (AvgIpc) is 2.53. The van der Waals surface area contributed by atoms with E-state index in [1.807, 2.05) is 24.3 Å². The van der Waals surface area contributed by atoms with Gasteiger partial charge in [0.2, 0.25) is 0 Å². The van der Waals surface area contributed by atoms with Crippen molar-refractivity contribution in [1.82, 2.24) is 4.90 Å². The maximum atomic E-state index is 11.6. The highest BCUT2D eigenvalue weighted by Crippen LogP contribution is 2.33. The van der Waals surface area contributed by atoms with Crippen LogP contribution < -0.4 is 0 Å². The molecule has 0 aromatic heterocycles. The molecule has 1 aliphatic heterocycles. The Kier molecular flexibility index (Phi) is 2.75. The zero-order valence-corrected chi connectivity index (χ0v) is 9.01. The van der Waals surface area contributed by atoms with Crippen LogP contribution in [-0.2, 0) is 16.1 Å². The van der Waals surface area contributed by atoms with E-state index in [1.165, 1.54) is 6.92 Å². The monoisotopic (exact) mass is 219 g/mol. The first-order valence-corrected chi connectivity index (χ1v) is 5.13. The zero-order chi connectivity index (χ0) is 11.7. The van der Waals surface area contributed by atoms with Crippen molar-refractivity contribution in [3.63, 3.8) is 0 Å². The molecule has 1 unspecified atom stereocenters. The molecule has 4 nitrogen and oxygen atoms in total. The van der Waals surface area contributed by atoms with Gasteiger partial charge in [-0.05, 0) is 18.1 Å². The third-order valence-electron chi connectivity index (χ3n) is 2.81. The first-order valence-electron chi connectivity index (χ1n) is 5.13. The number of carboxylic acids is 1. The number of carbonyl (C=O) groups is 2. The molecule has 0 saturated carbocycles. The molecule has 1 aliphatic rings. The number of carboxylic acid groups (broad SMARTS) is 1. The molecule has 1 heterocycles. The number of hydrogen-bond donors (Lipinski definition) is 1. The second-order valence-corrected chi connectivity index (χ2v) is 4.01. The van der Waals surface area contributed by atoms with E-state index in [-0.39, 0.29) is 12.3 Å². The SMILES string of the molecule is CC(=O)C1c2ccccc2CN1CC(=O)O. The minimum absolute atomic E-state index is 0.00815. The summed E-state index contributed by atoms with van der Waals surface area (Å²) in [6.07, 6.45) is 0. The Morgan fingerprint density at radius 2 is 2.12 bits per heavy atom. The highest BCUT2D eigenvalue weighted by atomic mass is 16.4. The maximum absolute atomic E-state index is 11.6. The van der Waals surface area contributed by atoms with Gasteiger partial charge in [-0.1, -0.05) is 24.3 Å². The van der Waals surface area contributed by atoms with Crippen molar-refractivity contribution in [3.8, 4) is 0 Å². The summed E-state index contributed by atoms with van der Waals surface area (Å²) >= 11 is 0. The molecule has 4 heteroatoms. The molecule has 2 rings (SSSR count). The first kappa shape index (κ1) is 10.8. The number of benzene rings is 1. The van der Waals surface area contributed by atoms with E-state index in [9.17, 15) is 9.59 Å². The van der Waals surface area contributed by atoms with Crippen LogP contribution in [0.1, 0.15) is 24.1 Å². The smallest absolute Gasteiger partial charge is 0.317 e. The lowest BCUT2D eigenvalue weighted by Gasteiger charge is -2.20. The fraction of sp³-hybridized carbons (Fsp3) is 0.333. The predicted molar refractivity (Wildman–Crippen MR) is 57.9 cm³/mol. The number of nitrogens with zero attached hydrogens (tertiary/aromatic N) is 1. The van der Waals surface area contributed by atoms with Crippen LogP contribution in [0.15, 0.2) is 24.3 Å². The predicted octanol–water partition coefficient (Wildman–Crippen LogP) is 1.22. The zero-order valence-electron chi connectivity index (χ0n) is 9.01. The van der Waals surface area contributed by atoms with Gasteiger partial charge in [0, 0.05) is 6.54 Å². The Morgan fingerprint density at radius 1 is 1.44 bits per heavy atom. The van der Waals surface area contributed by atoms with Crippen molar-refractivity contribution in [2.24, 2.45) is 0 Å². The van der Waals surface area contributed by atoms with E-state index in [4.69, 9.17) is 5.11 Å². The Hall–Kier alpha value is -1.68. The molecule has 0 bridgehead atoms. The lowest BCUT2D eigenvalue weighted by Crippen LogP contribution is -2.31. The third-order valence-corrected chi connectivity index (χ3v) is 2.81. The number of carbonyl (C=O) groups excluding carboxylic acids is 1. The molecular formula is C12H13NO3. The maximum Gasteiger partial charge on any atom is 0.317 e. The summed E-state index contributed by atoms with van der Waals surface area (Å²) < 4.78 is 0. The average molecular weight is 219 g/mol. The third kappa shape index (κ3) is 1.84. The topological polar surface area (TPSA) is 57.6 Å². The van der Waals surface area contributed by atoms with Crippen LogP contribution in [0.5, 0.6) is 0 Å². The van der Waals surface area contributed by atoms with E-state index < -0.39 is 12.0 Å². The van der Waals surface area contributed by atoms with E-state index >= 15 is 0 Å².